The molecule has 0 saturated carbocycles. The average molecular weight is 337 g/mol. The molecule has 0 unspecified atom stereocenters. The smallest absolute Gasteiger partial charge is 0.143 e. The number of nitrogens with one attached hydrogen (secondary N) is 1. The Morgan fingerprint density at radius 1 is 1.47 bits per heavy atom. The normalized spacial score (nSPS) is 10.3. The van der Waals surface area contributed by atoms with Crippen molar-refractivity contribution < 1.29 is 0 Å². The van der Waals surface area contributed by atoms with Gasteiger partial charge in [-0.15, -0.1) is 0 Å². The lowest BCUT2D eigenvalue weighted by atomic mass is 10.4. The van der Waals surface area contributed by atoms with Crippen LogP contribution < -0.4 is 5.32 Å². The number of nitrogens with zero attached hydrogens (tertiary/aromatic N) is 2. The second-order valence-corrected chi connectivity index (χ2v) is 5.48. The van der Waals surface area contributed by atoms with Crippen LogP contribution in [0.1, 0.15) is 26.1 Å². The summed E-state index contributed by atoms with van der Waals surface area (Å²) in [5.74, 6) is 3.89. The summed E-state index contributed by atoms with van der Waals surface area (Å²) in [6.07, 6.45) is 3.00. The molecule has 0 aromatic carbocycles. The van der Waals surface area contributed by atoms with E-state index in [0.717, 1.165) is 39.7 Å². The molecule has 1 aromatic rings. The molecular formula is C10H16IN3S. The van der Waals surface area contributed by atoms with Crippen molar-refractivity contribution in [2.24, 2.45) is 0 Å². The summed E-state index contributed by atoms with van der Waals surface area (Å²) in [6.45, 7) is 5.26. The van der Waals surface area contributed by atoms with Gasteiger partial charge >= 0.3 is 0 Å². The van der Waals surface area contributed by atoms with Gasteiger partial charge in [-0.1, -0.05) is 13.8 Å². The minimum atomic E-state index is 0.897. The molecule has 1 heterocycles. The number of rotatable bonds is 6. The maximum Gasteiger partial charge on any atom is 0.143 e. The van der Waals surface area contributed by atoms with Gasteiger partial charge in [-0.25, -0.2) is 9.97 Å². The molecule has 5 heteroatoms. The maximum atomic E-state index is 4.50. The molecule has 0 fully saturated rings. The van der Waals surface area contributed by atoms with E-state index in [0.29, 0.717) is 0 Å². The van der Waals surface area contributed by atoms with E-state index < -0.39 is 0 Å². The van der Waals surface area contributed by atoms with Crippen LogP contribution in [0.25, 0.3) is 0 Å². The van der Waals surface area contributed by atoms with Gasteiger partial charge in [0.15, 0.2) is 0 Å². The van der Waals surface area contributed by atoms with Gasteiger partial charge in [-0.2, -0.15) is 11.8 Å². The van der Waals surface area contributed by atoms with Crippen LogP contribution in [-0.4, -0.2) is 22.3 Å². The third-order valence-electron chi connectivity index (χ3n) is 1.77. The molecule has 3 nitrogen and oxygen atoms in total. The minimum absolute atomic E-state index is 0.897. The first-order chi connectivity index (χ1) is 7.27. The van der Waals surface area contributed by atoms with Crippen molar-refractivity contribution in [3.63, 3.8) is 0 Å². The predicted molar refractivity (Wildman–Crippen MR) is 75.4 cm³/mol. The average Bonchev–Trinajstić information content (AvgIpc) is 2.26. The van der Waals surface area contributed by atoms with Crippen molar-refractivity contribution in [2.75, 3.05) is 17.6 Å². The van der Waals surface area contributed by atoms with Crippen LogP contribution in [0.5, 0.6) is 0 Å². The Morgan fingerprint density at radius 3 is 2.93 bits per heavy atom. The second kappa shape index (κ2) is 7.27. The zero-order valence-electron chi connectivity index (χ0n) is 9.09. The van der Waals surface area contributed by atoms with Crippen LogP contribution in [0.15, 0.2) is 6.20 Å². The molecule has 1 rings (SSSR count). The Balaban J connectivity index is 2.66. The van der Waals surface area contributed by atoms with Crippen LogP contribution in [0.2, 0.25) is 0 Å². The van der Waals surface area contributed by atoms with Crippen LogP contribution in [0.3, 0.4) is 0 Å². The molecule has 84 valence electrons. The molecule has 15 heavy (non-hydrogen) atoms. The Kier molecular flexibility index (Phi) is 6.31. The van der Waals surface area contributed by atoms with Gasteiger partial charge in [-0.3, -0.25) is 0 Å². The first kappa shape index (κ1) is 13.0. The molecule has 0 radical (unpaired) electrons. The minimum Gasteiger partial charge on any atom is -0.369 e. The fourth-order valence-electron chi connectivity index (χ4n) is 1.03. The van der Waals surface area contributed by atoms with Gasteiger partial charge in [0.25, 0.3) is 0 Å². The van der Waals surface area contributed by atoms with Crippen molar-refractivity contribution in [1.82, 2.24) is 9.97 Å². The Hall–Kier alpha value is -0.0400. The van der Waals surface area contributed by atoms with Crippen LogP contribution in [0, 0.1) is 3.57 Å². The zero-order valence-corrected chi connectivity index (χ0v) is 12.1. The van der Waals surface area contributed by atoms with E-state index >= 15 is 0 Å². The molecule has 0 aliphatic rings. The lowest BCUT2D eigenvalue weighted by Gasteiger charge is -2.07. The van der Waals surface area contributed by atoms with Gasteiger partial charge in [-0.05, 0) is 34.8 Å². The maximum absolute atomic E-state index is 4.50. The molecule has 1 aromatic heterocycles. The van der Waals surface area contributed by atoms with Crippen molar-refractivity contribution in [3.8, 4) is 0 Å². The number of anilines is 1. The largest absolute Gasteiger partial charge is 0.369 e. The van der Waals surface area contributed by atoms with E-state index in [2.05, 4.69) is 51.7 Å². The number of hydrogen-bond donors (Lipinski definition) is 1. The lowest BCUT2D eigenvalue weighted by Crippen LogP contribution is -2.06. The Morgan fingerprint density at radius 2 is 2.27 bits per heavy atom. The van der Waals surface area contributed by atoms with E-state index in [1.54, 1.807) is 0 Å². The van der Waals surface area contributed by atoms with E-state index in [-0.39, 0.29) is 0 Å². The second-order valence-electron chi connectivity index (χ2n) is 3.05. The molecule has 0 atom stereocenters. The molecule has 1 N–H and O–H groups in total. The topological polar surface area (TPSA) is 37.8 Å². The highest BCUT2D eigenvalue weighted by Crippen LogP contribution is 2.16. The summed E-state index contributed by atoms with van der Waals surface area (Å²) >= 11 is 4.10. The number of thioether (sulfide) groups is 1. The van der Waals surface area contributed by atoms with Crippen molar-refractivity contribution in [2.45, 2.75) is 26.0 Å². The third-order valence-corrected chi connectivity index (χ3v) is 3.43. The first-order valence-corrected chi connectivity index (χ1v) is 7.34. The molecule has 0 saturated heterocycles. The van der Waals surface area contributed by atoms with Crippen molar-refractivity contribution >= 4 is 40.2 Å². The summed E-state index contributed by atoms with van der Waals surface area (Å²) in [5.41, 5.74) is 0. The van der Waals surface area contributed by atoms with E-state index in [1.165, 1.54) is 0 Å². The summed E-state index contributed by atoms with van der Waals surface area (Å²) in [7, 11) is 0. The van der Waals surface area contributed by atoms with Crippen LogP contribution in [-0.2, 0) is 5.75 Å². The highest BCUT2D eigenvalue weighted by molar-refractivity contribution is 14.1. The van der Waals surface area contributed by atoms with Gasteiger partial charge < -0.3 is 5.32 Å². The summed E-state index contributed by atoms with van der Waals surface area (Å²) in [6, 6.07) is 0. The zero-order chi connectivity index (χ0) is 11.1. The first-order valence-electron chi connectivity index (χ1n) is 5.11. The molecule has 0 aliphatic carbocycles. The van der Waals surface area contributed by atoms with E-state index in [9.17, 15) is 0 Å². The third kappa shape index (κ3) is 4.55. The molecule has 0 amide bonds. The molecule has 0 bridgehead atoms. The monoisotopic (exact) mass is 337 g/mol. The summed E-state index contributed by atoms with van der Waals surface area (Å²) < 4.78 is 1.09. The predicted octanol–water partition coefficient (Wildman–Crippen LogP) is 3.16. The van der Waals surface area contributed by atoms with Crippen molar-refractivity contribution in [3.05, 3.63) is 15.6 Å². The van der Waals surface area contributed by atoms with Gasteiger partial charge in [0.2, 0.25) is 0 Å². The quantitative estimate of drug-likeness (QED) is 0.810. The van der Waals surface area contributed by atoms with E-state index in [4.69, 9.17) is 0 Å². The fourth-order valence-corrected chi connectivity index (χ4v) is 2.01. The van der Waals surface area contributed by atoms with Crippen molar-refractivity contribution in [1.29, 1.82) is 0 Å². The van der Waals surface area contributed by atoms with E-state index in [1.807, 2.05) is 18.0 Å². The van der Waals surface area contributed by atoms with Gasteiger partial charge in [0.1, 0.15) is 11.6 Å². The number of hydrogen-bond acceptors (Lipinski definition) is 4. The summed E-state index contributed by atoms with van der Waals surface area (Å²) in [5, 5.41) is 3.31. The number of halogens is 1. The summed E-state index contributed by atoms with van der Waals surface area (Å²) in [4.78, 5) is 8.80. The highest BCUT2D eigenvalue weighted by Gasteiger charge is 2.03. The van der Waals surface area contributed by atoms with Gasteiger partial charge in [0, 0.05) is 12.7 Å². The number of aromatic nitrogens is 2. The highest BCUT2D eigenvalue weighted by atomic mass is 127. The van der Waals surface area contributed by atoms with Crippen LogP contribution in [0.4, 0.5) is 5.82 Å². The Labute approximate surface area is 109 Å². The molecule has 0 aliphatic heterocycles. The Bertz CT molecular complexity index is 307. The fraction of sp³-hybridized carbons (Fsp3) is 0.600. The molecule has 0 spiro atoms. The standard InChI is InChI=1S/C10H16IN3S/c1-3-5-12-10-8(11)6-13-9(14-10)7-15-4-2/h6H,3-5,7H2,1-2H3,(H,12,13,14). The van der Waals surface area contributed by atoms with Crippen LogP contribution >= 0.6 is 34.4 Å². The lowest BCUT2D eigenvalue weighted by molar-refractivity contribution is 0.946. The molecular weight excluding hydrogens is 321 g/mol. The van der Waals surface area contributed by atoms with Gasteiger partial charge in [0.05, 0.1) is 9.32 Å². The SMILES string of the molecule is CCCNc1nc(CSCC)ncc1I.